The molecule has 3 rings (SSSR count). The Morgan fingerprint density at radius 3 is 2.40 bits per heavy atom. The van der Waals surface area contributed by atoms with Crippen LogP contribution in [0.1, 0.15) is 11.1 Å². The fraction of sp³-hybridized carbons (Fsp3) is 0.118. The zero-order valence-electron chi connectivity index (χ0n) is 11.2. The topological polar surface area (TPSA) is 30.2 Å². The van der Waals surface area contributed by atoms with Gasteiger partial charge in [-0.25, -0.2) is 4.79 Å². The van der Waals surface area contributed by atoms with E-state index in [1.807, 2.05) is 56.3 Å². The highest BCUT2D eigenvalue weighted by Crippen LogP contribution is 2.27. The normalized spacial score (nSPS) is 10.9. The lowest BCUT2D eigenvalue weighted by Gasteiger charge is -2.08. The fourth-order valence-electron chi connectivity index (χ4n) is 2.41. The van der Waals surface area contributed by atoms with E-state index in [-0.39, 0.29) is 5.63 Å². The molecule has 3 heteroatoms. The fourth-order valence-corrected chi connectivity index (χ4v) is 2.68. The molecule has 100 valence electrons. The largest absolute Gasteiger partial charge is 0.422 e. The highest BCUT2D eigenvalue weighted by atomic mass is 79.9. The van der Waals surface area contributed by atoms with Crippen molar-refractivity contribution in [3.63, 3.8) is 0 Å². The second-order valence-electron chi connectivity index (χ2n) is 4.90. The van der Waals surface area contributed by atoms with Gasteiger partial charge in [0.05, 0.1) is 5.56 Å². The summed E-state index contributed by atoms with van der Waals surface area (Å²) in [5.41, 5.74) is 3.90. The van der Waals surface area contributed by atoms with Gasteiger partial charge in [-0.3, -0.25) is 0 Å². The molecule has 0 aliphatic heterocycles. The van der Waals surface area contributed by atoms with E-state index in [4.69, 9.17) is 4.42 Å². The van der Waals surface area contributed by atoms with Gasteiger partial charge in [0.1, 0.15) is 5.58 Å². The second kappa shape index (κ2) is 4.91. The predicted octanol–water partition coefficient (Wildman–Crippen LogP) is 4.84. The molecule has 0 saturated heterocycles. The average Bonchev–Trinajstić information content (AvgIpc) is 2.40. The van der Waals surface area contributed by atoms with Crippen molar-refractivity contribution in [2.75, 3.05) is 0 Å². The maximum atomic E-state index is 12.3. The molecule has 0 atom stereocenters. The minimum atomic E-state index is -0.289. The van der Waals surface area contributed by atoms with Crippen LogP contribution >= 0.6 is 15.9 Å². The first-order valence-corrected chi connectivity index (χ1v) is 7.15. The molecule has 0 amide bonds. The number of aryl methyl sites for hydroxylation is 2. The molecule has 0 fully saturated rings. The summed E-state index contributed by atoms with van der Waals surface area (Å²) in [6, 6.07) is 13.6. The van der Waals surface area contributed by atoms with E-state index < -0.39 is 0 Å². The van der Waals surface area contributed by atoms with Gasteiger partial charge in [-0.15, -0.1) is 0 Å². The highest BCUT2D eigenvalue weighted by molar-refractivity contribution is 9.10. The average molecular weight is 329 g/mol. The smallest absolute Gasteiger partial charge is 0.344 e. The van der Waals surface area contributed by atoms with E-state index in [9.17, 15) is 4.79 Å². The Morgan fingerprint density at radius 1 is 1.00 bits per heavy atom. The van der Waals surface area contributed by atoms with E-state index in [2.05, 4.69) is 15.9 Å². The summed E-state index contributed by atoms with van der Waals surface area (Å²) < 4.78 is 6.46. The molecule has 0 aliphatic carbocycles. The lowest BCUT2D eigenvalue weighted by molar-refractivity contribution is 0.562. The van der Waals surface area contributed by atoms with E-state index in [0.29, 0.717) is 11.1 Å². The number of halogens is 1. The van der Waals surface area contributed by atoms with Gasteiger partial charge in [-0.2, -0.15) is 0 Å². The van der Waals surface area contributed by atoms with E-state index >= 15 is 0 Å². The first-order chi connectivity index (χ1) is 9.56. The summed E-state index contributed by atoms with van der Waals surface area (Å²) in [6.45, 7) is 3.95. The molecule has 0 saturated carbocycles. The molecule has 0 radical (unpaired) electrons. The van der Waals surface area contributed by atoms with Crippen molar-refractivity contribution in [2.24, 2.45) is 0 Å². The predicted molar refractivity (Wildman–Crippen MR) is 85.1 cm³/mol. The minimum Gasteiger partial charge on any atom is -0.422 e. The molecule has 0 unspecified atom stereocenters. The van der Waals surface area contributed by atoms with Crippen molar-refractivity contribution in [2.45, 2.75) is 13.8 Å². The quantitative estimate of drug-likeness (QED) is 0.598. The van der Waals surface area contributed by atoms with Crippen LogP contribution < -0.4 is 5.63 Å². The number of hydrogen-bond acceptors (Lipinski definition) is 2. The van der Waals surface area contributed by atoms with Crippen molar-refractivity contribution in [3.05, 3.63) is 68.5 Å². The van der Waals surface area contributed by atoms with Gasteiger partial charge in [0.25, 0.3) is 0 Å². The van der Waals surface area contributed by atoms with Crippen molar-refractivity contribution < 1.29 is 4.42 Å². The van der Waals surface area contributed by atoms with Crippen LogP contribution in [-0.2, 0) is 0 Å². The van der Waals surface area contributed by atoms with Crippen LogP contribution in [0, 0.1) is 13.8 Å². The van der Waals surface area contributed by atoms with Gasteiger partial charge in [0, 0.05) is 9.86 Å². The number of benzene rings is 2. The van der Waals surface area contributed by atoms with E-state index in [0.717, 1.165) is 26.5 Å². The summed E-state index contributed by atoms with van der Waals surface area (Å²) in [4.78, 5) is 12.3. The monoisotopic (exact) mass is 328 g/mol. The van der Waals surface area contributed by atoms with Crippen LogP contribution in [0.25, 0.3) is 22.1 Å². The molecule has 0 N–H and O–H groups in total. The van der Waals surface area contributed by atoms with Crippen LogP contribution in [0.15, 0.2) is 56.1 Å². The third kappa shape index (κ3) is 2.18. The molecule has 1 heterocycles. The molecule has 0 bridgehead atoms. The van der Waals surface area contributed by atoms with Crippen LogP contribution in [0.3, 0.4) is 0 Å². The maximum absolute atomic E-state index is 12.3. The van der Waals surface area contributed by atoms with E-state index in [1.165, 1.54) is 0 Å². The highest BCUT2D eigenvalue weighted by Gasteiger charge is 2.13. The first kappa shape index (κ1) is 13.1. The SMILES string of the molecule is Cc1ccc2c(C)c(-c3ccc(Br)cc3)c(=O)oc2c1. The van der Waals surface area contributed by atoms with Gasteiger partial charge in [0.2, 0.25) is 0 Å². The van der Waals surface area contributed by atoms with Gasteiger partial charge >= 0.3 is 5.63 Å². The Morgan fingerprint density at radius 2 is 1.70 bits per heavy atom. The van der Waals surface area contributed by atoms with Crippen LogP contribution in [0.2, 0.25) is 0 Å². The van der Waals surface area contributed by atoms with Gasteiger partial charge in [-0.05, 0) is 48.7 Å². The lowest BCUT2D eigenvalue weighted by Crippen LogP contribution is -2.06. The molecule has 20 heavy (non-hydrogen) atoms. The lowest BCUT2D eigenvalue weighted by atomic mass is 9.99. The third-order valence-electron chi connectivity index (χ3n) is 3.46. The van der Waals surface area contributed by atoms with Gasteiger partial charge in [-0.1, -0.05) is 40.2 Å². The molecular formula is C17H13BrO2. The summed E-state index contributed by atoms with van der Waals surface area (Å²) in [6.07, 6.45) is 0. The minimum absolute atomic E-state index is 0.289. The number of fused-ring (bicyclic) bond motifs is 1. The molecule has 2 aromatic carbocycles. The zero-order valence-corrected chi connectivity index (χ0v) is 12.8. The standard InChI is InChI=1S/C17H13BrO2/c1-10-3-8-14-11(2)16(17(19)20-15(14)9-10)12-4-6-13(18)7-5-12/h3-9H,1-2H3. The van der Waals surface area contributed by atoms with E-state index in [1.54, 1.807) is 0 Å². The van der Waals surface area contributed by atoms with Crippen LogP contribution in [-0.4, -0.2) is 0 Å². The third-order valence-corrected chi connectivity index (χ3v) is 3.98. The number of hydrogen-bond donors (Lipinski definition) is 0. The molecule has 0 spiro atoms. The van der Waals surface area contributed by atoms with Crippen molar-refractivity contribution in [3.8, 4) is 11.1 Å². The Balaban J connectivity index is 2.34. The molecule has 3 aromatic rings. The Labute approximate surface area is 125 Å². The maximum Gasteiger partial charge on any atom is 0.344 e. The number of rotatable bonds is 1. The Hall–Kier alpha value is -1.87. The Kier molecular flexibility index (Phi) is 3.22. The first-order valence-electron chi connectivity index (χ1n) is 6.36. The van der Waals surface area contributed by atoms with Crippen molar-refractivity contribution >= 4 is 26.9 Å². The summed E-state index contributed by atoms with van der Waals surface area (Å²) in [5, 5.41) is 0.980. The molecule has 0 aliphatic rings. The zero-order chi connectivity index (χ0) is 14.3. The van der Waals surface area contributed by atoms with Crippen LogP contribution in [0.4, 0.5) is 0 Å². The molecule has 1 aromatic heterocycles. The summed E-state index contributed by atoms with van der Waals surface area (Å²) >= 11 is 3.40. The molecular weight excluding hydrogens is 316 g/mol. The summed E-state index contributed by atoms with van der Waals surface area (Å²) in [5.74, 6) is 0. The van der Waals surface area contributed by atoms with Crippen molar-refractivity contribution in [1.29, 1.82) is 0 Å². The Bertz CT molecular complexity index is 845. The van der Waals surface area contributed by atoms with Gasteiger partial charge in [0.15, 0.2) is 0 Å². The van der Waals surface area contributed by atoms with Gasteiger partial charge < -0.3 is 4.42 Å². The molecule has 2 nitrogen and oxygen atoms in total. The summed E-state index contributed by atoms with van der Waals surface area (Å²) in [7, 11) is 0. The van der Waals surface area contributed by atoms with Crippen LogP contribution in [0.5, 0.6) is 0 Å². The second-order valence-corrected chi connectivity index (χ2v) is 5.81. The van der Waals surface area contributed by atoms with Crippen molar-refractivity contribution in [1.82, 2.24) is 0 Å².